The molecule has 150 valence electrons. The maximum Gasteiger partial charge on any atom is 0.258 e. The van der Waals surface area contributed by atoms with Crippen LogP contribution in [0.4, 0.5) is 11.8 Å². The number of anilines is 2. The lowest BCUT2D eigenvalue weighted by molar-refractivity contribution is -0.119. The van der Waals surface area contributed by atoms with Gasteiger partial charge in [-0.15, -0.1) is 0 Å². The third-order valence-electron chi connectivity index (χ3n) is 5.11. The van der Waals surface area contributed by atoms with Gasteiger partial charge in [-0.05, 0) is 24.6 Å². The molecule has 2 aromatic rings. The van der Waals surface area contributed by atoms with Crippen LogP contribution in [-0.4, -0.2) is 48.8 Å². The summed E-state index contributed by atoms with van der Waals surface area (Å²) in [6, 6.07) is 9.12. The Labute approximate surface area is 167 Å². The number of nitrogens with one attached hydrogen (secondary N) is 2. The number of carbonyl (C=O) groups is 1. The van der Waals surface area contributed by atoms with Crippen molar-refractivity contribution < 1.29 is 14.3 Å². The van der Waals surface area contributed by atoms with Gasteiger partial charge in [0.05, 0.1) is 31.5 Å². The summed E-state index contributed by atoms with van der Waals surface area (Å²) in [5, 5.41) is 12.3. The number of amides is 1. The zero-order valence-electron chi connectivity index (χ0n) is 16.0. The smallest absolute Gasteiger partial charge is 0.258 e. The minimum Gasteiger partial charge on any atom is -0.494 e. The molecular weight excluding hydrogens is 374 g/mol. The number of fused-ring (bicyclic) bond motifs is 1. The predicted octanol–water partition coefficient (Wildman–Crippen LogP) is 1.23. The maximum atomic E-state index is 13.0. The van der Waals surface area contributed by atoms with E-state index in [1.165, 1.54) is 0 Å². The number of nitrogens with zero attached hydrogens (tertiary/aromatic N) is 3. The second-order valence-electron chi connectivity index (χ2n) is 6.83. The van der Waals surface area contributed by atoms with E-state index in [0.717, 1.165) is 0 Å². The second kappa shape index (κ2) is 7.93. The molecule has 1 fully saturated rings. The second-order valence-corrected chi connectivity index (χ2v) is 6.83. The molecule has 4 rings (SSSR count). The van der Waals surface area contributed by atoms with E-state index in [-0.39, 0.29) is 16.9 Å². The molecule has 0 saturated carbocycles. The van der Waals surface area contributed by atoms with Crippen molar-refractivity contribution in [3.8, 4) is 11.8 Å². The summed E-state index contributed by atoms with van der Waals surface area (Å²) in [6.45, 7) is 4.69. The molecular formula is C20H21N5O4. The van der Waals surface area contributed by atoms with Crippen molar-refractivity contribution >= 4 is 17.7 Å². The lowest BCUT2D eigenvalue weighted by Crippen LogP contribution is -2.41. The zero-order valence-corrected chi connectivity index (χ0v) is 16.0. The van der Waals surface area contributed by atoms with Crippen molar-refractivity contribution in [2.45, 2.75) is 12.8 Å². The van der Waals surface area contributed by atoms with Gasteiger partial charge in [0, 0.05) is 19.0 Å². The quantitative estimate of drug-likeness (QED) is 0.799. The van der Waals surface area contributed by atoms with Gasteiger partial charge in [-0.3, -0.25) is 14.6 Å². The van der Waals surface area contributed by atoms with Gasteiger partial charge < -0.3 is 19.7 Å². The largest absolute Gasteiger partial charge is 0.494 e. The molecule has 1 aromatic heterocycles. The number of aromatic amines is 1. The fourth-order valence-corrected chi connectivity index (χ4v) is 3.72. The first-order valence-corrected chi connectivity index (χ1v) is 9.52. The number of benzene rings is 1. The van der Waals surface area contributed by atoms with Gasteiger partial charge >= 0.3 is 0 Å². The van der Waals surface area contributed by atoms with E-state index in [4.69, 9.17) is 9.47 Å². The molecule has 2 aliphatic heterocycles. The van der Waals surface area contributed by atoms with Crippen molar-refractivity contribution in [2.24, 2.45) is 5.92 Å². The Balaban J connectivity index is 1.78. The molecule has 9 heteroatoms. The highest BCUT2D eigenvalue weighted by atomic mass is 16.5. The molecule has 1 aromatic carbocycles. The lowest BCUT2D eigenvalue weighted by Gasteiger charge is -2.31. The molecule has 1 amide bonds. The fraction of sp³-hybridized carbons (Fsp3) is 0.400. The highest BCUT2D eigenvalue weighted by Crippen LogP contribution is 2.38. The van der Waals surface area contributed by atoms with Crippen molar-refractivity contribution in [2.75, 3.05) is 43.1 Å². The van der Waals surface area contributed by atoms with Crippen LogP contribution in [0.2, 0.25) is 0 Å². The van der Waals surface area contributed by atoms with Crippen molar-refractivity contribution in [3.05, 3.63) is 45.7 Å². The topological polar surface area (TPSA) is 120 Å². The number of H-pyrrole nitrogens is 1. The zero-order chi connectivity index (χ0) is 20.4. The Bertz CT molecular complexity index is 1010. The van der Waals surface area contributed by atoms with Crippen LogP contribution < -0.4 is 20.5 Å². The number of ether oxygens (including phenoxy) is 2. The van der Waals surface area contributed by atoms with E-state index in [2.05, 4.69) is 15.3 Å². The predicted molar refractivity (Wildman–Crippen MR) is 105 cm³/mol. The normalized spacial score (nSPS) is 21.1. The molecule has 9 nitrogen and oxygen atoms in total. The Morgan fingerprint density at radius 3 is 2.66 bits per heavy atom. The number of carbonyl (C=O) groups excluding carboxylic acids is 1. The Hall–Kier alpha value is -3.38. The molecule has 0 unspecified atom stereocenters. The van der Waals surface area contributed by atoms with Gasteiger partial charge in [-0.25, -0.2) is 0 Å². The van der Waals surface area contributed by atoms with Crippen LogP contribution in [0.15, 0.2) is 29.1 Å². The molecule has 0 radical (unpaired) electrons. The van der Waals surface area contributed by atoms with Crippen LogP contribution in [0.3, 0.4) is 0 Å². The minimum atomic E-state index is -1.03. The third kappa shape index (κ3) is 3.54. The molecule has 2 N–H and O–H groups in total. The van der Waals surface area contributed by atoms with Gasteiger partial charge in [0.2, 0.25) is 11.9 Å². The molecule has 0 aliphatic carbocycles. The fourth-order valence-electron chi connectivity index (χ4n) is 3.72. The first-order chi connectivity index (χ1) is 14.1. The number of hydrogen-bond donors (Lipinski definition) is 2. The lowest BCUT2D eigenvalue weighted by atomic mass is 9.79. The molecule has 2 aliphatic rings. The van der Waals surface area contributed by atoms with Crippen LogP contribution in [0.5, 0.6) is 5.75 Å². The van der Waals surface area contributed by atoms with Crippen molar-refractivity contribution in [1.82, 2.24) is 9.97 Å². The Morgan fingerprint density at radius 1 is 1.28 bits per heavy atom. The highest BCUT2D eigenvalue weighted by Gasteiger charge is 2.40. The maximum absolute atomic E-state index is 13.0. The summed E-state index contributed by atoms with van der Waals surface area (Å²) in [6.07, 6.45) is 0. The van der Waals surface area contributed by atoms with Crippen molar-refractivity contribution in [1.29, 1.82) is 5.26 Å². The molecule has 1 saturated heterocycles. The van der Waals surface area contributed by atoms with Gasteiger partial charge in [0.15, 0.2) is 0 Å². The first-order valence-electron chi connectivity index (χ1n) is 9.52. The summed E-state index contributed by atoms with van der Waals surface area (Å²) in [7, 11) is 0. The van der Waals surface area contributed by atoms with E-state index in [0.29, 0.717) is 50.2 Å². The van der Waals surface area contributed by atoms with Crippen molar-refractivity contribution in [3.63, 3.8) is 0 Å². The highest BCUT2D eigenvalue weighted by molar-refractivity contribution is 5.98. The van der Waals surface area contributed by atoms with Gasteiger partial charge in [-0.2, -0.15) is 10.2 Å². The summed E-state index contributed by atoms with van der Waals surface area (Å²) >= 11 is 0. The van der Waals surface area contributed by atoms with E-state index in [9.17, 15) is 14.9 Å². The average Bonchev–Trinajstić information content (AvgIpc) is 2.74. The molecule has 29 heavy (non-hydrogen) atoms. The van der Waals surface area contributed by atoms with Crippen LogP contribution in [0.25, 0.3) is 0 Å². The van der Waals surface area contributed by atoms with E-state index in [1.54, 1.807) is 24.3 Å². The summed E-state index contributed by atoms with van der Waals surface area (Å²) in [5.74, 6) is -0.944. The van der Waals surface area contributed by atoms with Gasteiger partial charge in [0.1, 0.15) is 17.5 Å². The Kier molecular flexibility index (Phi) is 5.18. The SMILES string of the molecule is CCOc1ccc([C@@H]2c3c(nc(N4CCOCC4)[nH]c3=O)NC(=O)[C@H]2C#N)cc1. The number of nitriles is 1. The number of morpholine rings is 1. The minimum absolute atomic E-state index is 0.200. The number of rotatable bonds is 4. The molecule has 0 spiro atoms. The van der Waals surface area contributed by atoms with Gasteiger partial charge in [0.25, 0.3) is 5.56 Å². The Morgan fingerprint density at radius 2 is 2.00 bits per heavy atom. The summed E-state index contributed by atoms with van der Waals surface area (Å²) < 4.78 is 10.8. The monoisotopic (exact) mass is 395 g/mol. The summed E-state index contributed by atoms with van der Waals surface area (Å²) in [4.78, 5) is 34.8. The molecule has 0 bridgehead atoms. The first kappa shape index (κ1) is 19.0. The van der Waals surface area contributed by atoms with Crippen LogP contribution in [0.1, 0.15) is 24.0 Å². The standard InChI is InChI=1S/C20H21N5O4/c1-2-29-13-5-3-12(4-6-13)15-14(11-21)18(26)22-17-16(15)19(27)24-20(23-17)25-7-9-28-10-8-25/h3-6,14-15H,2,7-10H2,1H3,(H2,22,23,24,26,27)/t14-,15-/m0/s1. The van der Waals surface area contributed by atoms with Crippen LogP contribution in [0, 0.1) is 17.2 Å². The number of hydrogen-bond acceptors (Lipinski definition) is 7. The number of aromatic nitrogens is 2. The molecule has 3 heterocycles. The summed E-state index contributed by atoms with van der Waals surface area (Å²) in [5.41, 5.74) is 0.607. The third-order valence-corrected chi connectivity index (χ3v) is 5.11. The van der Waals surface area contributed by atoms with Crippen LogP contribution in [-0.2, 0) is 9.53 Å². The van der Waals surface area contributed by atoms with Crippen LogP contribution >= 0.6 is 0 Å². The molecule has 2 atom stereocenters. The average molecular weight is 395 g/mol. The van der Waals surface area contributed by atoms with E-state index >= 15 is 0 Å². The van der Waals surface area contributed by atoms with Gasteiger partial charge in [-0.1, -0.05) is 12.1 Å². The van der Waals surface area contributed by atoms with E-state index < -0.39 is 17.7 Å². The van der Waals surface area contributed by atoms with E-state index in [1.807, 2.05) is 17.9 Å².